The maximum Gasteiger partial charge on any atom is 0.270 e. The third kappa shape index (κ3) is 3.60. The highest BCUT2D eigenvalue weighted by atomic mass is 79.9. The predicted octanol–water partition coefficient (Wildman–Crippen LogP) is 1.45. The number of nitro groups is 1. The van der Waals surface area contributed by atoms with E-state index >= 15 is 0 Å². The van der Waals surface area contributed by atoms with Gasteiger partial charge in [0.2, 0.25) is 0 Å². The van der Waals surface area contributed by atoms with Gasteiger partial charge >= 0.3 is 0 Å². The molecular formula is C14H19BrN4O2. The first kappa shape index (κ1) is 14.9. The van der Waals surface area contributed by atoms with Gasteiger partial charge in [0.15, 0.2) is 0 Å². The summed E-state index contributed by atoms with van der Waals surface area (Å²) in [6.45, 7) is 7.30. The first-order valence-corrected chi connectivity index (χ1v) is 8.02. The third-order valence-electron chi connectivity index (χ3n) is 4.17. The molecule has 0 saturated carbocycles. The Labute approximate surface area is 132 Å². The molecule has 3 rings (SSSR count). The summed E-state index contributed by atoms with van der Waals surface area (Å²) in [6.07, 6.45) is 0. The average molecular weight is 355 g/mol. The van der Waals surface area contributed by atoms with Crippen molar-refractivity contribution in [2.45, 2.75) is 12.6 Å². The molecule has 21 heavy (non-hydrogen) atoms. The molecule has 0 bridgehead atoms. The lowest BCUT2D eigenvalue weighted by Crippen LogP contribution is -2.62. The van der Waals surface area contributed by atoms with E-state index < -0.39 is 0 Å². The number of hydrogen-bond donors (Lipinski definition) is 1. The number of halogens is 1. The van der Waals surface area contributed by atoms with Crippen LogP contribution in [0.25, 0.3) is 0 Å². The Balaban J connectivity index is 1.55. The molecule has 2 aliphatic rings. The van der Waals surface area contributed by atoms with Gasteiger partial charge < -0.3 is 5.32 Å². The van der Waals surface area contributed by atoms with Crippen LogP contribution in [0.1, 0.15) is 5.56 Å². The second kappa shape index (κ2) is 6.39. The zero-order chi connectivity index (χ0) is 14.8. The fraction of sp³-hybridized carbons (Fsp3) is 0.571. The predicted molar refractivity (Wildman–Crippen MR) is 84.3 cm³/mol. The van der Waals surface area contributed by atoms with Crippen LogP contribution >= 0.6 is 15.9 Å². The minimum Gasteiger partial charge on any atom is -0.314 e. The molecule has 0 atom stereocenters. The van der Waals surface area contributed by atoms with Gasteiger partial charge in [0.25, 0.3) is 5.69 Å². The maximum absolute atomic E-state index is 10.9. The van der Waals surface area contributed by atoms with Gasteiger partial charge in [-0.05, 0) is 11.6 Å². The first-order valence-electron chi connectivity index (χ1n) is 7.23. The smallest absolute Gasteiger partial charge is 0.270 e. The van der Waals surface area contributed by atoms with Crippen LogP contribution in [0.4, 0.5) is 5.69 Å². The molecule has 1 aromatic rings. The SMILES string of the molecule is O=[N+]([O-])c1cc(Br)cc(CN2CC(N3CCNCC3)C2)c1. The molecule has 0 spiro atoms. The molecule has 0 aromatic heterocycles. The second-order valence-electron chi connectivity index (χ2n) is 5.71. The van der Waals surface area contributed by atoms with Crippen LogP contribution < -0.4 is 5.32 Å². The largest absolute Gasteiger partial charge is 0.314 e. The highest BCUT2D eigenvalue weighted by Crippen LogP contribution is 2.24. The van der Waals surface area contributed by atoms with Gasteiger partial charge in [0, 0.05) is 68.5 Å². The van der Waals surface area contributed by atoms with Crippen LogP contribution in [0.3, 0.4) is 0 Å². The fourth-order valence-electron chi connectivity index (χ4n) is 3.04. The van der Waals surface area contributed by atoms with Crippen molar-refractivity contribution < 1.29 is 4.92 Å². The zero-order valence-electron chi connectivity index (χ0n) is 11.8. The van der Waals surface area contributed by atoms with E-state index in [0.717, 1.165) is 55.8 Å². The molecule has 114 valence electrons. The van der Waals surface area contributed by atoms with Crippen LogP contribution in [-0.2, 0) is 6.54 Å². The standard InChI is InChI=1S/C14H19BrN4O2/c15-12-5-11(6-13(7-12)19(20)21)8-17-9-14(10-17)18-3-1-16-2-4-18/h5-7,14,16H,1-4,8-10H2. The van der Waals surface area contributed by atoms with Crippen molar-refractivity contribution in [1.29, 1.82) is 0 Å². The number of non-ortho nitro benzene ring substituents is 1. The highest BCUT2D eigenvalue weighted by Gasteiger charge is 2.32. The summed E-state index contributed by atoms with van der Waals surface area (Å²) < 4.78 is 0.769. The number of nitro benzene ring substituents is 1. The van der Waals surface area contributed by atoms with E-state index in [1.165, 1.54) is 0 Å². The van der Waals surface area contributed by atoms with E-state index in [4.69, 9.17) is 0 Å². The van der Waals surface area contributed by atoms with E-state index in [1.807, 2.05) is 6.07 Å². The normalized spacial score (nSPS) is 21.2. The number of hydrogen-bond acceptors (Lipinski definition) is 5. The molecule has 2 saturated heterocycles. The minimum absolute atomic E-state index is 0.151. The number of nitrogens with one attached hydrogen (secondary N) is 1. The number of piperazine rings is 1. The first-order chi connectivity index (χ1) is 10.1. The minimum atomic E-state index is -0.339. The lowest BCUT2D eigenvalue weighted by Gasteiger charge is -2.46. The lowest BCUT2D eigenvalue weighted by atomic mass is 10.0. The molecule has 6 nitrogen and oxygen atoms in total. The van der Waals surface area contributed by atoms with Gasteiger partial charge in [0.1, 0.15) is 0 Å². The topological polar surface area (TPSA) is 61.7 Å². The van der Waals surface area contributed by atoms with Crippen molar-refractivity contribution >= 4 is 21.6 Å². The highest BCUT2D eigenvalue weighted by molar-refractivity contribution is 9.10. The summed E-state index contributed by atoms with van der Waals surface area (Å²) >= 11 is 3.35. The maximum atomic E-state index is 10.9. The molecule has 0 radical (unpaired) electrons. The molecule has 2 heterocycles. The van der Waals surface area contributed by atoms with Gasteiger partial charge in [-0.1, -0.05) is 15.9 Å². The van der Waals surface area contributed by atoms with Gasteiger partial charge in [0.05, 0.1) is 4.92 Å². The molecule has 2 fully saturated rings. The van der Waals surface area contributed by atoms with Crippen molar-refractivity contribution in [2.75, 3.05) is 39.3 Å². The van der Waals surface area contributed by atoms with E-state index in [0.29, 0.717) is 6.04 Å². The van der Waals surface area contributed by atoms with Crippen LogP contribution in [0, 0.1) is 10.1 Å². The molecule has 1 aromatic carbocycles. The summed E-state index contributed by atoms with van der Waals surface area (Å²) in [4.78, 5) is 15.4. The van der Waals surface area contributed by atoms with Gasteiger partial charge in [-0.15, -0.1) is 0 Å². The molecule has 2 aliphatic heterocycles. The Morgan fingerprint density at radius 1 is 1.29 bits per heavy atom. The fourth-order valence-corrected chi connectivity index (χ4v) is 3.57. The molecular weight excluding hydrogens is 336 g/mol. The van der Waals surface area contributed by atoms with E-state index in [9.17, 15) is 10.1 Å². The van der Waals surface area contributed by atoms with E-state index in [2.05, 4.69) is 31.0 Å². The number of likely N-dealkylation sites (tertiary alicyclic amines) is 1. The second-order valence-corrected chi connectivity index (χ2v) is 6.62. The average Bonchev–Trinajstić information content (AvgIpc) is 2.42. The number of nitrogens with zero attached hydrogens (tertiary/aromatic N) is 3. The summed E-state index contributed by atoms with van der Waals surface area (Å²) in [7, 11) is 0. The Morgan fingerprint density at radius 3 is 2.67 bits per heavy atom. The van der Waals surface area contributed by atoms with Gasteiger partial charge in [-0.3, -0.25) is 19.9 Å². The van der Waals surface area contributed by atoms with Crippen molar-refractivity contribution in [3.8, 4) is 0 Å². The van der Waals surface area contributed by atoms with Gasteiger partial charge in [-0.2, -0.15) is 0 Å². The number of rotatable bonds is 4. The van der Waals surface area contributed by atoms with Crippen LogP contribution in [0.2, 0.25) is 0 Å². The van der Waals surface area contributed by atoms with Gasteiger partial charge in [-0.25, -0.2) is 0 Å². The van der Waals surface area contributed by atoms with Crippen molar-refractivity contribution in [3.63, 3.8) is 0 Å². The molecule has 7 heteroatoms. The van der Waals surface area contributed by atoms with Crippen LogP contribution in [-0.4, -0.2) is 60.0 Å². The van der Waals surface area contributed by atoms with E-state index in [1.54, 1.807) is 12.1 Å². The summed E-state index contributed by atoms with van der Waals surface area (Å²) in [6, 6.07) is 5.83. The van der Waals surface area contributed by atoms with Crippen molar-refractivity contribution in [3.05, 3.63) is 38.3 Å². The summed E-state index contributed by atoms with van der Waals surface area (Å²) in [5.41, 5.74) is 1.15. The Hall–Kier alpha value is -1.02. The Bertz CT molecular complexity index is 528. The quantitative estimate of drug-likeness (QED) is 0.654. The molecule has 1 N–H and O–H groups in total. The third-order valence-corrected chi connectivity index (χ3v) is 4.62. The Kier molecular flexibility index (Phi) is 4.54. The van der Waals surface area contributed by atoms with E-state index in [-0.39, 0.29) is 10.6 Å². The molecule has 0 aliphatic carbocycles. The lowest BCUT2D eigenvalue weighted by molar-refractivity contribution is -0.385. The zero-order valence-corrected chi connectivity index (χ0v) is 13.4. The monoisotopic (exact) mass is 354 g/mol. The van der Waals surface area contributed by atoms with Crippen LogP contribution in [0.15, 0.2) is 22.7 Å². The van der Waals surface area contributed by atoms with Crippen molar-refractivity contribution in [2.24, 2.45) is 0 Å². The summed E-state index contributed by atoms with van der Waals surface area (Å²) in [5.74, 6) is 0. The molecule has 0 amide bonds. The Morgan fingerprint density at radius 2 is 2.00 bits per heavy atom. The molecule has 0 unspecified atom stereocenters. The summed E-state index contributed by atoms with van der Waals surface area (Å²) in [5, 5.41) is 14.3. The van der Waals surface area contributed by atoms with Crippen molar-refractivity contribution in [1.82, 2.24) is 15.1 Å². The number of benzene rings is 1. The van der Waals surface area contributed by atoms with Crippen LogP contribution in [0.5, 0.6) is 0 Å².